The summed E-state index contributed by atoms with van der Waals surface area (Å²) in [5.74, 6) is 1.01. The highest BCUT2D eigenvalue weighted by atomic mass is 16.2. The van der Waals surface area contributed by atoms with Gasteiger partial charge in [-0.05, 0) is 56.9 Å². The van der Waals surface area contributed by atoms with Gasteiger partial charge in [-0.1, -0.05) is 24.3 Å². The molecule has 3 aliphatic rings. The average Bonchev–Trinajstić information content (AvgIpc) is 2.87. The van der Waals surface area contributed by atoms with Crippen LogP contribution in [0.1, 0.15) is 32.1 Å². The number of likely N-dealkylation sites (N-methyl/N-ethyl adjacent to an activating group) is 1. The summed E-state index contributed by atoms with van der Waals surface area (Å²) < 4.78 is 0. The normalized spacial score (nSPS) is 23.1. The third-order valence-electron chi connectivity index (χ3n) is 6.48. The van der Waals surface area contributed by atoms with Crippen LogP contribution >= 0.6 is 0 Å². The molecule has 0 fully saturated rings. The summed E-state index contributed by atoms with van der Waals surface area (Å²) >= 11 is 0. The van der Waals surface area contributed by atoms with Crippen molar-refractivity contribution in [2.75, 3.05) is 40.8 Å². The number of nitrogens with zero attached hydrogens (tertiary/aromatic N) is 3. The van der Waals surface area contributed by atoms with Gasteiger partial charge >= 0.3 is 0 Å². The molecule has 1 aliphatic heterocycles. The zero-order valence-electron chi connectivity index (χ0n) is 20.5. The summed E-state index contributed by atoms with van der Waals surface area (Å²) in [5.41, 5.74) is 3.66. The minimum absolute atomic E-state index is 0.0129. The van der Waals surface area contributed by atoms with Crippen molar-refractivity contribution in [2.24, 2.45) is 15.9 Å². The summed E-state index contributed by atoms with van der Waals surface area (Å²) in [6, 6.07) is -0.0650. The second-order valence-electron chi connectivity index (χ2n) is 8.68. The Morgan fingerprint density at radius 1 is 1.21 bits per heavy atom. The molecule has 0 aromatic carbocycles. The zero-order valence-corrected chi connectivity index (χ0v) is 20.5. The van der Waals surface area contributed by atoms with Crippen LogP contribution in [0.4, 0.5) is 0 Å². The molecule has 3 rings (SSSR count). The number of amides is 2. The lowest BCUT2D eigenvalue weighted by molar-refractivity contribution is -0.130. The fourth-order valence-electron chi connectivity index (χ4n) is 4.57. The number of hydrogen-bond acceptors (Lipinski definition) is 4. The molecule has 4 N–H and O–H groups in total. The Bertz CT molecular complexity index is 945. The number of hydrogen-bond donors (Lipinski definition) is 4. The maximum atomic E-state index is 12.3. The van der Waals surface area contributed by atoms with Gasteiger partial charge in [0.2, 0.25) is 17.8 Å². The van der Waals surface area contributed by atoms with Crippen molar-refractivity contribution in [3.05, 3.63) is 47.7 Å². The minimum atomic E-state index is -0.165. The fraction of sp³-hybridized carbons (Fsp3) is 0.520. The zero-order chi connectivity index (χ0) is 24.5. The Kier molecular flexibility index (Phi) is 9.21. The first kappa shape index (κ1) is 25.4. The smallest absolute Gasteiger partial charge is 0.236 e. The van der Waals surface area contributed by atoms with Gasteiger partial charge in [-0.15, -0.1) is 0 Å². The first-order chi connectivity index (χ1) is 16.5. The molecule has 2 aliphatic carbocycles. The molecule has 34 heavy (non-hydrogen) atoms. The lowest BCUT2D eigenvalue weighted by Gasteiger charge is -2.32. The molecule has 9 heteroatoms. The number of nitrogens with one attached hydrogen (secondary N) is 4. The topological polar surface area (TPSA) is 110 Å². The molecule has 0 spiro atoms. The molecule has 184 valence electrons. The molecule has 0 aromatic rings. The number of carbonyl (C=O) groups is 2. The van der Waals surface area contributed by atoms with Crippen LogP contribution in [0.15, 0.2) is 57.7 Å². The molecule has 0 bridgehead atoms. The predicted octanol–water partition coefficient (Wildman–Crippen LogP) is 1.24. The molecular weight excluding hydrogens is 430 g/mol. The van der Waals surface area contributed by atoms with Gasteiger partial charge in [-0.2, -0.15) is 4.99 Å². The quantitative estimate of drug-likeness (QED) is 0.267. The van der Waals surface area contributed by atoms with Gasteiger partial charge in [0.25, 0.3) is 0 Å². The van der Waals surface area contributed by atoms with Gasteiger partial charge in [0.1, 0.15) is 5.84 Å². The molecule has 0 aromatic heterocycles. The SMILES string of the molecule is C=C/C(=N\C(=N/C)NC1=CC2=C(CC1)CCN(C(=O)CNC)C2)NC1CC=CC[C@@H]1C(=O)NC. The van der Waals surface area contributed by atoms with Crippen LogP contribution in [0.2, 0.25) is 0 Å². The number of aliphatic imine (C=N–C) groups is 2. The number of rotatable bonds is 6. The Morgan fingerprint density at radius 2 is 2.00 bits per heavy atom. The van der Waals surface area contributed by atoms with Crippen molar-refractivity contribution in [1.29, 1.82) is 0 Å². The third-order valence-corrected chi connectivity index (χ3v) is 6.48. The molecule has 0 saturated carbocycles. The van der Waals surface area contributed by atoms with Crippen LogP contribution in [0, 0.1) is 5.92 Å². The monoisotopic (exact) mass is 467 g/mol. The summed E-state index contributed by atoms with van der Waals surface area (Å²) in [4.78, 5) is 35.4. The lowest BCUT2D eigenvalue weighted by Crippen LogP contribution is -2.46. The van der Waals surface area contributed by atoms with Crippen molar-refractivity contribution in [3.8, 4) is 0 Å². The van der Waals surface area contributed by atoms with E-state index in [0.717, 1.165) is 37.9 Å². The Morgan fingerprint density at radius 3 is 2.71 bits per heavy atom. The van der Waals surface area contributed by atoms with Crippen molar-refractivity contribution in [2.45, 2.75) is 38.1 Å². The highest BCUT2D eigenvalue weighted by Gasteiger charge is 2.29. The minimum Gasteiger partial charge on any atom is -0.366 e. The fourth-order valence-corrected chi connectivity index (χ4v) is 4.57. The van der Waals surface area contributed by atoms with Crippen LogP contribution in [0.25, 0.3) is 0 Å². The third kappa shape index (κ3) is 6.44. The van der Waals surface area contributed by atoms with E-state index in [1.54, 1.807) is 27.2 Å². The van der Waals surface area contributed by atoms with Crippen LogP contribution < -0.4 is 21.3 Å². The summed E-state index contributed by atoms with van der Waals surface area (Å²) in [5, 5.41) is 12.4. The molecule has 1 heterocycles. The van der Waals surface area contributed by atoms with E-state index in [4.69, 9.17) is 0 Å². The molecule has 9 nitrogen and oxygen atoms in total. The highest BCUT2D eigenvalue weighted by molar-refractivity contribution is 6.02. The predicted molar refractivity (Wildman–Crippen MR) is 136 cm³/mol. The molecule has 0 radical (unpaired) electrons. The average molecular weight is 468 g/mol. The van der Waals surface area contributed by atoms with Crippen molar-refractivity contribution < 1.29 is 9.59 Å². The van der Waals surface area contributed by atoms with E-state index in [0.29, 0.717) is 31.3 Å². The molecular formula is C25H37N7O2. The molecule has 0 saturated heterocycles. The summed E-state index contributed by atoms with van der Waals surface area (Å²) in [7, 11) is 5.14. The Hall–Kier alpha value is -3.20. The standard InChI is InChI=1S/C25H37N7O2/c1-5-22(30-21-9-7-6-8-20(21)24(34)27-3)31-25(28-4)29-19-11-10-17-12-13-32(16-18(17)14-19)23(33)15-26-2/h5-7,14,20-21,26H,1,8-13,15-16H2,2-4H3,(H,27,34)(H2,28,29,30,31)/t20-,21?/m0/s1. The highest BCUT2D eigenvalue weighted by Crippen LogP contribution is 2.29. The van der Waals surface area contributed by atoms with Crippen LogP contribution in [0.5, 0.6) is 0 Å². The van der Waals surface area contributed by atoms with Crippen molar-refractivity contribution in [3.63, 3.8) is 0 Å². The van der Waals surface area contributed by atoms with E-state index in [1.165, 1.54) is 11.1 Å². The molecule has 2 amide bonds. The van der Waals surface area contributed by atoms with E-state index in [-0.39, 0.29) is 23.8 Å². The van der Waals surface area contributed by atoms with Gasteiger partial charge < -0.3 is 26.2 Å². The van der Waals surface area contributed by atoms with Crippen LogP contribution in [-0.4, -0.2) is 75.3 Å². The first-order valence-electron chi connectivity index (χ1n) is 11.9. The van der Waals surface area contributed by atoms with E-state index in [2.05, 4.69) is 50.0 Å². The molecule has 2 atom stereocenters. The first-order valence-corrected chi connectivity index (χ1v) is 11.9. The number of allylic oxidation sites excluding steroid dienone is 2. The van der Waals surface area contributed by atoms with Gasteiger partial charge in [0.05, 0.1) is 12.5 Å². The molecule has 1 unspecified atom stereocenters. The van der Waals surface area contributed by atoms with E-state index in [9.17, 15) is 9.59 Å². The second kappa shape index (κ2) is 12.3. The van der Waals surface area contributed by atoms with Crippen molar-refractivity contribution >= 4 is 23.6 Å². The number of carbonyl (C=O) groups excluding carboxylic acids is 2. The van der Waals surface area contributed by atoms with E-state index in [1.807, 2.05) is 11.0 Å². The maximum Gasteiger partial charge on any atom is 0.236 e. The Balaban J connectivity index is 1.68. The van der Waals surface area contributed by atoms with Crippen LogP contribution in [-0.2, 0) is 9.59 Å². The largest absolute Gasteiger partial charge is 0.366 e. The number of guanidine groups is 1. The number of amidine groups is 1. The van der Waals surface area contributed by atoms with Gasteiger partial charge in [-0.3, -0.25) is 14.6 Å². The Labute approximate surface area is 202 Å². The van der Waals surface area contributed by atoms with Gasteiger partial charge in [-0.25, -0.2) is 0 Å². The maximum absolute atomic E-state index is 12.3. The lowest BCUT2D eigenvalue weighted by atomic mass is 9.88. The summed E-state index contributed by atoms with van der Waals surface area (Å²) in [6.07, 6.45) is 12.1. The second-order valence-corrected chi connectivity index (χ2v) is 8.68. The summed E-state index contributed by atoms with van der Waals surface area (Å²) in [6.45, 7) is 5.66. The van der Waals surface area contributed by atoms with Crippen LogP contribution in [0.3, 0.4) is 0 Å². The van der Waals surface area contributed by atoms with E-state index >= 15 is 0 Å². The van der Waals surface area contributed by atoms with Gasteiger partial charge in [0.15, 0.2) is 0 Å². The van der Waals surface area contributed by atoms with Crippen molar-refractivity contribution in [1.82, 2.24) is 26.2 Å². The van der Waals surface area contributed by atoms with E-state index < -0.39 is 0 Å². The van der Waals surface area contributed by atoms with Gasteiger partial charge in [0, 0.05) is 38.9 Å².